The predicted octanol–water partition coefficient (Wildman–Crippen LogP) is 3.93. The lowest BCUT2D eigenvalue weighted by Gasteiger charge is -2.10. The van der Waals surface area contributed by atoms with Gasteiger partial charge in [-0.2, -0.15) is 5.26 Å². The summed E-state index contributed by atoms with van der Waals surface area (Å²) in [5, 5.41) is 18.2. The number of aliphatic hydroxyl groups is 1. The molecule has 0 saturated carbocycles. The molecule has 8 heteroatoms. The van der Waals surface area contributed by atoms with E-state index >= 15 is 0 Å². The van der Waals surface area contributed by atoms with Crippen LogP contribution >= 0.6 is 0 Å². The molecule has 0 saturated heterocycles. The minimum Gasteiger partial charge on any atom is -0.490 e. The fourth-order valence-corrected chi connectivity index (χ4v) is 3.53. The second kappa shape index (κ2) is 10.8. The first-order chi connectivity index (χ1) is 17.1. The van der Waals surface area contributed by atoms with Crippen molar-refractivity contribution in [3.05, 3.63) is 102 Å². The molecule has 3 aromatic carbocycles. The Morgan fingerprint density at radius 2 is 1.57 bits per heavy atom. The molecule has 0 aliphatic carbocycles. The molecule has 0 aliphatic heterocycles. The molecule has 8 nitrogen and oxygen atoms in total. The van der Waals surface area contributed by atoms with Crippen molar-refractivity contribution in [3.8, 4) is 34.1 Å². The first-order valence-corrected chi connectivity index (χ1v) is 10.7. The highest BCUT2D eigenvalue weighted by molar-refractivity contribution is 6.04. The van der Waals surface area contributed by atoms with E-state index in [2.05, 4.69) is 10.9 Å². The second-order valence-electron chi connectivity index (χ2n) is 7.39. The number of nitriles is 1. The van der Waals surface area contributed by atoms with Crippen LogP contribution in [0.1, 0.15) is 26.5 Å². The van der Waals surface area contributed by atoms with E-state index in [0.29, 0.717) is 5.56 Å². The van der Waals surface area contributed by atoms with Gasteiger partial charge in [0, 0.05) is 16.7 Å². The molecular weight excluding hydrogens is 446 g/mol. The lowest BCUT2D eigenvalue weighted by molar-refractivity contribution is 0.0831. The largest absolute Gasteiger partial charge is 0.490 e. The molecule has 0 radical (unpaired) electrons. The van der Waals surface area contributed by atoms with Gasteiger partial charge in [0.05, 0.1) is 18.4 Å². The Morgan fingerprint density at radius 1 is 0.914 bits per heavy atom. The third-order valence-corrected chi connectivity index (χ3v) is 5.15. The van der Waals surface area contributed by atoms with Crippen LogP contribution in [0.25, 0.3) is 22.3 Å². The zero-order chi connectivity index (χ0) is 24.6. The maximum atomic E-state index is 13.0. The summed E-state index contributed by atoms with van der Waals surface area (Å²) >= 11 is 0. The zero-order valence-electron chi connectivity index (χ0n) is 18.5. The molecular formula is C27H21N3O5. The summed E-state index contributed by atoms with van der Waals surface area (Å²) in [6, 6.07) is 25.1. The Labute approximate surface area is 201 Å². The maximum absolute atomic E-state index is 13.0. The fraction of sp³-hybridized carbons (Fsp3) is 0.0741. The summed E-state index contributed by atoms with van der Waals surface area (Å²) in [5.74, 6) is -0.970. The van der Waals surface area contributed by atoms with Crippen molar-refractivity contribution in [2.45, 2.75) is 0 Å². The highest BCUT2D eigenvalue weighted by atomic mass is 16.5. The number of aliphatic hydroxyl groups excluding tert-OH is 1. The average Bonchev–Trinajstić information content (AvgIpc) is 3.36. The molecule has 2 amide bonds. The van der Waals surface area contributed by atoms with Gasteiger partial charge in [-0.1, -0.05) is 60.7 Å². The van der Waals surface area contributed by atoms with Crippen molar-refractivity contribution < 1.29 is 23.8 Å². The molecule has 3 N–H and O–H groups in total. The molecule has 4 aromatic rings. The lowest BCUT2D eigenvalue weighted by Crippen LogP contribution is -2.41. The lowest BCUT2D eigenvalue weighted by atomic mass is 9.96. The van der Waals surface area contributed by atoms with Crippen LogP contribution in [-0.2, 0) is 0 Å². The third-order valence-electron chi connectivity index (χ3n) is 5.15. The fourth-order valence-electron chi connectivity index (χ4n) is 3.53. The van der Waals surface area contributed by atoms with Gasteiger partial charge in [-0.15, -0.1) is 0 Å². The number of carbonyl (C=O) groups excluding carboxylic acids is 2. The summed E-state index contributed by atoms with van der Waals surface area (Å²) in [7, 11) is 0. The van der Waals surface area contributed by atoms with Crippen molar-refractivity contribution in [2.75, 3.05) is 13.2 Å². The van der Waals surface area contributed by atoms with E-state index in [1.165, 1.54) is 24.5 Å². The van der Waals surface area contributed by atoms with E-state index in [9.17, 15) is 14.9 Å². The molecule has 0 bridgehead atoms. The molecule has 35 heavy (non-hydrogen) atoms. The number of furan rings is 1. The minimum absolute atomic E-state index is 0.0220. The van der Waals surface area contributed by atoms with E-state index in [1.807, 2.05) is 66.7 Å². The average molecular weight is 467 g/mol. The summed E-state index contributed by atoms with van der Waals surface area (Å²) < 4.78 is 10.9. The molecule has 0 atom stereocenters. The zero-order valence-corrected chi connectivity index (χ0v) is 18.5. The number of ether oxygens (including phenoxy) is 1. The first kappa shape index (κ1) is 23.3. The van der Waals surface area contributed by atoms with Crippen molar-refractivity contribution >= 4 is 11.8 Å². The highest BCUT2D eigenvalue weighted by Crippen LogP contribution is 2.36. The van der Waals surface area contributed by atoms with E-state index in [-0.39, 0.29) is 35.9 Å². The van der Waals surface area contributed by atoms with Crippen molar-refractivity contribution in [1.29, 1.82) is 5.26 Å². The standard InChI is InChI=1S/C27H21N3O5/c28-16-21-15-20(11-12-23(21)34-14-13-31)26(32)29-30-27(33)25-24(19-9-5-2-6-10-19)22(17-35-25)18-7-3-1-4-8-18/h1-12,15,17,31H,13-14H2,(H,29,32)(H,30,33). The second-order valence-corrected chi connectivity index (χ2v) is 7.39. The number of hydrogen-bond acceptors (Lipinski definition) is 6. The molecule has 0 unspecified atom stereocenters. The number of nitrogens with zero attached hydrogens (tertiary/aromatic N) is 1. The number of rotatable bonds is 7. The highest BCUT2D eigenvalue weighted by Gasteiger charge is 2.23. The smallest absolute Gasteiger partial charge is 0.306 e. The van der Waals surface area contributed by atoms with Crippen molar-refractivity contribution in [3.63, 3.8) is 0 Å². The van der Waals surface area contributed by atoms with Gasteiger partial charge in [0.15, 0.2) is 0 Å². The molecule has 1 heterocycles. The molecule has 174 valence electrons. The summed E-state index contributed by atoms with van der Waals surface area (Å²) in [5.41, 5.74) is 8.01. The van der Waals surface area contributed by atoms with Gasteiger partial charge in [-0.3, -0.25) is 20.4 Å². The van der Waals surface area contributed by atoms with Gasteiger partial charge < -0.3 is 14.3 Å². The van der Waals surface area contributed by atoms with Crippen molar-refractivity contribution in [1.82, 2.24) is 10.9 Å². The number of carbonyl (C=O) groups is 2. The normalized spacial score (nSPS) is 10.3. The van der Waals surface area contributed by atoms with E-state index in [4.69, 9.17) is 14.3 Å². The molecule has 0 spiro atoms. The van der Waals surface area contributed by atoms with Gasteiger partial charge in [-0.05, 0) is 29.3 Å². The Bertz CT molecular complexity index is 1380. The SMILES string of the molecule is N#Cc1cc(C(=O)NNC(=O)c2occ(-c3ccccc3)c2-c2ccccc2)ccc1OCCO. The van der Waals surface area contributed by atoms with Crippen LogP contribution in [0.4, 0.5) is 0 Å². The number of nitrogens with one attached hydrogen (secondary N) is 2. The summed E-state index contributed by atoms with van der Waals surface area (Å²) in [6.45, 7) is -0.184. The Balaban J connectivity index is 1.55. The first-order valence-electron chi connectivity index (χ1n) is 10.7. The van der Waals surface area contributed by atoms with Gasteiger partial charge in [0.25, 0.3) is 5.91 Å². The van der Waals surface area contributed by atoms with E-state index in [0.717, 1.165) is 16.7 Å². The third kappa shape index (κ3) is 5.21. The molecule has 0 aliphatic rings. The number of hydrazine groups is 1. The summed E-state index contributed by atoms with van der Waals surface area (Å²) in [4.78, 5) is 25.6. The van der Waals surface area contributed by atoms with Crippen LogP contribution < -0.4 is 15.6 Å². The molecule has 1 aromatic heterocycles. The number of benzene rings is 3. The van der Waals surface area contributed by atoms with Crippen LogP contribution in [0.15, 0.2) is 89.5 Å². The van der Waals surface area contributed by atoms with Crippen LogP contribution in [-0.4, -0.2) is 30.1 Å². The van der Waals surface area contributed by atoms with E-state index < -0.39 is 11.8 Å². The molecule has 4 rings (SSSR count). The van der Waals surface area contributed by atoms with Crippen LogP contribution in [0.2, 0.25) is 0 Å². The quantitative estimate of drug-likeness (QED) is 0.354. The Kier molecular flexibility index (Phi) is 7.21. The number of amides is 2. The van der Waals surface area contributed by atoms with Gasteiger partial charge in [0.1, 0.15) is 18.4 Å². The van der Waals surface area contributed by atoms with Gasteiger partial charge in [0.2, 0.25) is 5.76 Å². The maximum Gasteiger partial charge on any atom is 0.306 e. The van der Waals surface area contributed by atoms with Crippen LogP contribution in [0.5, 0.6) is 5.75 Å². The topological polar surface area (TPSA) is 125 Å². The van der Waals surface area contributed by atoms with Gasteiger partial charge >= 0.3 is 5.91 Å². The summed E-state index contributed by atoms with van der Waals surface area (Å²) in [6.07, 6.45) is 1.51. The molecule has 0 fully saturated rings. The monoisotopic (exact) mass is 467 g/mol. The van der Waals surface area contributed by atoms with Crippen LogP contribution in [0.3, 0.4) is 0 Å². The minimum atomic E-state index is -0.636. The van der Waals surface area contributed by atoms with Gasteiger partial charge in [-0.25, -0.2) is 0 Å². The van der Waals surface area contributed by atoms with E-state index in [1.54, 1.807) is 0 Å². The Hall–Kier alpha value is -4.87. The van der Waals surface area contributed by atoms with Crippen molar-refractivity contribution in [2.24, 2.45) is 0 Å². The predicted molar refractivity (Wildman–Crippen MR) is 128 cm³/mol. The van der Waals surface area contributed by atoms with Crippen LogP contribution in [0, 0.1) is 11.3 Å². The Morgan fingerprint density at radius 3 is 2.23 bits per heavy atom. The number of hydrogen-bond donors (Lipinski definition) is 3.